The Hall–Kier alpha value is -1.42. The molecule has 0 radical (unpaired) electrons. The standard InChI is InChI=1S/C11H14N4/c1-8-2-5-15-9(6-8)13-10(14-15)11(7-12)3-4-11/h2,5-6H,3-4,7,12H2,1H3. The van der Waals surface area contributed by atoms with Gasteiger partial charge in [0, 0.05) is 18.2 Å². The molecule has 1 aliphatic carbocycles. The second-order valence-electron chi connectivity index (χ2n) is 4.43. The van der Waals surface area contributed by atoms with Gasteiger partial charge in [0.15, 0.2) is 11.5 Å². The summed E-state index contributed by atoms with van der Waals surface area (Å²) < 4.78 is 1.83. The van der Waals surface area contributed by atoms with Gasteiger partial charge >= 0.3 is 0 Å². The van der Waals surface area contributed by atoms with Crippen LogP contribution in [0.1, 0.15) is 24.2 Å². The minimum atomic E-state index is 0.0833. The second-order valence-corrected chi connectivity index (χ2v) is 4.43. The highest BCUT2D eigenvalue weighted by atomic mass is 15.3. The number of hydrogen-bond donors (Lipinski definition) is 1. The largest absolute Gasteiger partial charge is 0.329 e. The number of nitrogens with zero attached hydrogens (tertiary/aromatic N) is 3. The first kappa shape index (κ1) is 8.85. The van der Waals surface area contributed by atoms with Crippen molar-refractivity contribution in [3.63, 3.8) is 0 Å². The van der Waals surface area contributed by atoms with Crippen molar-refractivity contribution in [2.24, 2.45) is 5.73 Å². The fourth-order valence-electron chi connectivity index (χ4n) is 1.88. The normalized spacial score (nSPS) is 18.3. The van der Waals surface area contributed by atoms with Gasteiger partial charge in [-0.05, 0) is 37.5 Å². The van der Waals surface area contributed by atoms with E-state index < -0.39 is 0 Å². The summed E-state index contributed by atoms with van der Waals surface area (Å²) in [5.41, 5.74) is 7.98. The summed E-state index contributed by atoms with van der Waals surface area (Å²) in [5.74, 6) is 0.913. The van der Waals surface area contributed by atoms with Crippen LogP contribution in [0.4, 0.5) is 0 Å². The van der Waals surface area contributed by atoms with Crippen molar-refractivity contribution in [3.05, 3.63) is 29.7 Å². The molecule has 0 amide bonds. The highest BCUT2D eigenvalue weighted by Gasteiger charge is 2.46. The maximum Gasteiger partial charge on any atom is 0.159 e. The van der Waals surface area contributed by atoms with Crippen LogP contribution in [0.25, 0.3) is 5.65 Å². The first-order chi connectivity index (χ1) is 7.23. The van der Waals surface area contributed by atoms with Crippen LogP contribution < -0.4 is 5.73 Å². The van der Waals surface area contributed by atoms with Crippen LogP contribution in [-0.4, -0.2) is 21.1 Å². The van der Waals surface area contributed by atoms with Gasteiger partial charge in [-0.1, -0.05) is 0 Å². The fourth-order valence-corrected chi connectivity index (χ4v) is 1.88. The maximum atomic E-state index is 5.76. The van der Waals surface area contributed by atoms with E-state index in [1.165, 1.54) is 5.56 Å². The summed E-state index contributed by atoms with van der Waals surface area (Å²) in [4.78, 5) is 4.55. The van der Waals surface area contributed by atoms with E-state index in [2.05, 4.69) is 17.0 Å². The topological polar surface area (TPSA) is 56.2 Å². The quantitative estimate of drug-likeness (QED) is 0.791. The lowest BCUT2D eigenvalue weighted by molar-refractivity contribution is 0.647. The third-order valence-corrected chi connectivity index (χ3v) is 3.21. The molecule has 78 valence electrons. The Labute approximate surface area is 88.1 Å². The Kier molecular flexibility index (Phi) is 1.65. The third kappa shape index (κ3) is 1.25. The van der Waals surface area contributed by atoms with Crippen LogP contribution in [0.5, 0.6) is 0 Å². The van der Waals surface area contributed by atoms with Crippen molar-refractivity contribution in [1.82, 2.24) is 14.6 Å². The number of rotatable bonds is 2. The van der Waals surface area contributed by atoms with Gasteiger partial charge in [0.1, 0.15) is 0 Å². The van der Waals surface area contributed by atoms with Crippen molar-refractivity contribution < 1.29 is 0 Å². The zero-order valence-corrected chi connectivity index (χ0v) is 8.77. The average Bonchev–Trinajstić information content (AvgIpc) is 2.93. The summed E-state index contributed by atoms with van der Waals surface area (Å²) in [7, 11) is 0. The van der Waals surface area contributed by atoms with Gasteiger partial charge in [0.25, 0.3) is 0 Å². The van der Waals surface area contributed by atoms with E-state index in [1.807, 2.05) is 22.8 Å². The van der Waals surface area contributed by atoms with Crippen molar-refractivity contribution >= 4 is 5.65 Å². The molecule has 0 aromatic carbocycles. The number of pyridine rings is 1. The van der Waals surface area contributed by atoms with Crippen molar-refractivity contribution in [3.8, 4) is 0 Å². The van der Waals surface area contributed by atoms with Gasteiger partial charge in [-0.25, -0.2) is 9.50 Å². The molecule has 2 aromatic rings. The molecule has 1 saturated carbocycles. The summed E-state index contributed by atoms with van der Waals surface area (Å²) in [6.07, 6.45) is 4.20. The molecular formula is C11H14N4. The van der Waals surface area contributed by atoms with Crippen LogP contribution in [0.15, 0.2) is 18.3 Å². The van der Waals surface area contributed by atoms with E-state index in [4.69, 9.17) is 5.73 Å². The number of fused-ring (bicyclic) bond motifs is 1. The minimum Gasteiger partial charge on any atom is -0.329 e. The van der Waals surface area contributed by atoms with Crippen LogP contribution in [0.3, 0.4) is 0 Å². The Morgan fingerprint density at radius 1 is 1.53 bits per heavy atom. The molecule has 2 aromatic heterocycles. The second kappa shape index (κ2) is 2.79. The van der Waals surface area contributed by atoms with Crippen LogP contribution in [0.2, 0.25) is 0 Å². The Morgan fingerprint density at radius 3 is 3.00 bits per heavy atom. The minimum absolute atomic E-state index is 0.0833. The first-order valence-corrected chi connectivity index (χ1v) is 5.27. The number of aromatic nitrogens is 3. The molecule has 4 nitrogen and oxygen atoms in total. The van der Waals surface area contributed by atoms with E-state index >= 15 is 0 Å². The zero-order valence-electron chi connectivity index (χ0n) is 8.77. The predicted molar refractivity (Wildman–Crippen MR) is 57.7 cm³/mol. The smallest absolute Gasteiger partial charge is 0.159 e. The van der Waals surface area contributed by atoms with Gasteiger partial charge in [0.2, 0.25) is 0 Å². The summed E-state index contributed by atoms with van der Waals surface area (Å²) >= 11 is 0. The molecule has 0 atom stereocenters. The van der Waals surface area contributed by atoms with Gasteiger partial charge < -0.3 is 5.73 Å². The van der Waals surface area contributed by atoms with Crippen LogP contribution in [-0.2, 0) is 5.41 Å². The van der Waals surface area contributed by atoms with Gasteiger partial charge in [-0.15, -0.1) is 0 Å². The molecular weight excluding hydrogens is 188 g/mol. The molecule has 4 heteroatoms. The summed E-state index contributed by atoms with van der Waals surface area (Å²) in [6.45, 7) is 2.72. The lowest BCUT2D eigenvalue weighted by Gasteiger charge is -2.04. The Bertz CT molecular complexity index is 510. The Balaban J connectivity index is 2.14. The average molecular weight is 202 g/mol. The molecule has 0 aliphatic heterocycles. The molecule has 0 unspecified atom stereocenters. The SMILES string of the molecule is Cc1ccn2nc(C3(CN)CC3)nc2c1. The van der Waals surface area contributed by atoms with Crippen molar-refractivity contribution in [2.45, 2.75) is 25.2 Å². The zero-order chi connectivity index (χ0) is 10.5. The van der Waals surface area contributed by atoms with Gasteiger partial charge in [-0.2, -0.15) is 5.10 Å². The molecule has 2 heterocycles. The van der Waals surface area contributed by atoms with Crippen LogP contribution in [0, 0.1) is 6.92 Å². The van der Waals surface area contributed by atoms with Crippen molar-refractivity contribution in [1.29, 1.82) is 0 Å². The molecule has 3 rings (SSSR count). The summed E-state index contributed by atoms with van der Waals surface area (Å²) in [6, 6.07) is 4.08. The number of aryl methyl sites for hydroxylation is 1. The molecule has 1 aliphatic rings. The highest BCUT2D eigenvalue weighted by molar-refractivity contribution is 5.41. The highest BCUT2D eigenvalue weighted by Crippen LogP contribution is 2.45. The molecule has 0 bridgehead atoms. The first-order valence-electron chi connectivity index (χ1n) is 5.27. The molecule has 15 heavy (non-hydrogen) atoms. The van der Waals surface area contributed by atoms with E-state index in [0.29, 0.717) is 6.54 Å². The van der Waals surface area contributed by atoms with Crippen LogP contribution >= 0.6 is 0 Å². The molecule has 2 N–H and O–H groups in total. The van der Waals surface area contributed by atoms with Gasteiger partial charge in [0.05, 0.1) is 0 Å². The van der Waals surface area contributed by atoms with E-state index in [-0.39, 0.29) is 5.41 Å². The molecule has 0 spiro atoms. The predicted octanol–water partition coefficient (Wildman–Crippen LogP) is 1.03. The molecule has 1 fully saturated rings. The lowest BCUT2D eigenvalue weighted by atomic mass is 10.1. The molecule has 0 saturated heterocycles. The summed E-state index contributed by atoms with van der Waals surface area (Å²) in [5, 5.41) is 4.48. The van der Waals surface area contributed by atoms with E-state index in [0.717, 1.165) is 24.3 Å². The third-order valence-electron chi connectivity index (χ3n) is 3.21. The van der Waals surface area contributed by atoms with Gasteiger partial charge in [-0.3, -0.25) is 0 Å². The number of nitrogens with two attached hydrogens (primary N) is 1. The van der Waals surface area contributed by atoms with E-state index in [9.17, 15) is 0 Å². The Morgan fingerprint density at radius 2 is 2.33 bits per heavy atom. The maximum absolute atomic E-state index is 5.76. The number of hydrogen-bond acceptors (Lipinski definition) is 3. The van der Waals surface area contributed by atoms with E-state index in [1.54, 1.807) is 0 Å². The fraction of sp³-hybridized carbons (Fsp3) is 0.455. The lowest BCUT2D eigenvalue weighted by Crippen LogP contribution is -2.21. The van der Waals surface area contributed by atoms with Crippen molar-refractivity contribution in [2.75, 3.05) is 6.54 Å². The monoisotopic (exact) mass is 202 g/mol.